The number of ether oxygens (including phenoxy) is 3. The Hall–Kier alpha value is -3.75. The summed E-state index contributed by atoms with van der Waals surface area (Å²) in [6, 6.07) is 11.5. The molecule has 2 aromatic carbocycles. The quantitative estimate of drug-likeness (QED) is 0.432. The van der Waals surface area contributed by atoms with E-state index in [2.05, 4.69) is 10.2 Å². The Bertz CT molecular complexity index is 1180. The van der Waals surface area contributed by atoms with Gasteiger partial charge in [-0.05, 0) is 55.7 Å². The molecule has 2 aliphatic heterocycles. The van der Waals surface area contributed by atoms with Gasteiger partial charge in [0.25, 0.3) is 0 Å². The molecule has 5 rings (SSSR count). The van der Waals surface area contributed by atoms with E-state index < -0.39 is 0 Å². The van der Waals surface area contributed by atoms with E-state index in [1.807, 2.05) is 43.3 Å². The molecule has 0 unspecified atom stereocenters. The number of hydrogen-bond acceptors (Lipinski definition) is 9. The lowest BCUT2D eigenvalue weighted by molar-refractivity contribution is -0.148. The summed E-state index contributed by atoms with van der Waals surface area (Å²) >= 11 is 0. The first kappa shape index (κ1) is 21.1. The second-order valence-electron chi connectivity index (χ2n) is 8.20. The highest BCUT2D eigenvalue weighted by Crippen LogP contribution is 2.33. The van der Waals surface area contributed by atoms with Crippen molar-refractivity contribution in [1.29, 1.82) is 0 Å². The van der Waals surface area contributed by atoms with Gasteiger partial charge in [-0.3, -0.25) is 4.79 Å². The summed E-state index contributed by atoms with van der Waals surface area (Å²) in [5.41, 5.74) is 8.56. The van der Waals surface area contributed by atoms with E-state index in [0.29, 0.717) is 43.7 Å². The lowest BCUT2D eigenvalue weighted by Crippen LogP contribution is -2.38. The summed E-state index contributed by atoms with van der Waals surface area (Å²) < 4.78 is 16.1. The van der Waals surface area contributed by atoms with Gasteiger partial charge in [0.05, 0.1) is 18.0 Å². The van der Waals surface area contributed by atoms with Crippen molar-refractivity contribution >= 4 is 34.3 Å². The maximum absolute atomic E-state index is 12.1. The molecule has 2 aliphatic rings. The van der Waals surface area contributed by atoms with E-state index in [-0.39, 0.29) is 18.7 Å². The number of carbonyl (C=O) groups excluding carboxylic acids is 1. The molecule has 0 aliphatic carbocycles. The number of nitrogens with one attached hydrogen (secondary N) is 1. The zero-order valence-corrected chi connectivity index (χ0v) is 18.5. The van der Waals surface area contributed by atoms with Gasteiger partial charge in [0.15, 0.2) is 11.5 Å². The van der Waals surface area contributed by atoms with Crippen molar-refractivity contribution < 1.29 is 19.0 Å². The van der Waals surface area contributed by atoms with Crippen LogP contribution >= 0.6 is 0 Å². The summed E-state index contributed by atoms with van der Waals surface area (Å²) in [6.45, 7) is 4.45. The normalized spacial score (nSPS) is 15.6. The zero-order valence-electron chi connectivity index (χ0n) is 18.5. The second kappa shape index (κ2) is 9.01. The first-order chi connectivity index (χ1) is 16.1. The summed E-state index contributed by atoms with van der Waals surface area (Å²) in [5, 5.41) is 4.30. The molecular weight excluding hydrogens is 422 g/mol. The van der Waals surface area contributed by atoms with Crippen molar-refractivity contribution in [3.05, 3.63) is 42.0 Å². The van der Waals surface area contributed by atoms with Crippen LogP contribution in [0.4, 0.5) is 17.5 Å². The number of piperidine rings is 1. The van der Waals surface area contributed by atoms with Crippen LogP contribution in [0.2, 0.25) is 0 Å². The molecule has 0 atom stereocenters. The fraction of sp³-hybridized carbons (Fsp3) is 0.375. The number of esters is 1. The van der Waals surface area contributed by atoms with Gasteiger partial charge in [0.2, 0.25) is 12.7 Å². The highest BCUT2D eigenvalue weighted by molar-refractivity contribution is 5.92. The van der Waals surface area contributed by atoms with Crippen LogP contribution in [0.25, 0.3) is 10.9 Å². The Kier molecular flexibility index (Phi) is 5.77. The minimum Gasteiger partial charge on any atom is -0.466 e. The van der Waals surface area contributed by atoms with Crippen molar-refractivity contribution in [3.8, 4) is 11.5 Å². The van der Waals surface area contributed by atoms with Crippen LogP contribution in [0.5, 0.6) is 11.5 Å². The third kappa shape index (κ3) is 4.44. The molecule has 0 bridgehead atoms. The Morgan fingerprint density at radius 1 is 1.15 bits per heavy atom. The van der Waals surface area contributed by atoms with Gasteiger partial charge in [-0.25, -0.2) is 4.98 Å². The summed E-state index contributed by atoms with van der Waals surface area (Å²) in [7, 11) is 0. The lowest BCUT2D eigenvalue weighted by atomic mass is 9.97. The molecule has 0 radical (unpaired) electrons. The van der Waals surface area contributed by atoms with E-state index >= 15 is 0 Å². The molecule has 9 heteroatoms. The fourth-order valence-electron chi connectivity index (χ4n) is 4.22. The van der Waals surface area contributed by atoms with Gasteiger partial charge >= 0.3 is 5.97 Å². The fourth-order valence-corrected chi connectivity index (χ4v) is 4.22. The van der Waals surface area contributed by atoms with Crippen LogP contribution in [0, 0.1) is 5.92 Å². The van der Waals surface area contributed by atoms with E-state index in [4.69, 9.17) is 29.9 Å². The van der Waals surface area contributed by atoms with Crippen LogP contribution in [0.15, 0.2) is 36.4 Å². The largest absolute Gasteiger partial charge is 0.466 e. The van der Waals surface area contributed by atoms with E-state index in [9.17, 15) is 4.79 Å². The van der Waals surface area contributed by atoms with Crippen molar-refractivity contribution in [2.75, 3.05) is 42.4 Å². The SMILES string of the molecule is CCOC(=O)C1CCN(c2nc(NCc3ccc4c(c3)OCO4)c3cc(N)ccc3n2)CC1. The number of hydrogen-bond donors (Lipinski definition) is 2. The first-order valence-corrected chi connectivity index (χ1v) is 11.2. The van der Waals surface area contributed by atoms with E-state index in [1.165, 1.54) is 0 Å². The van der Waals surface area contributed by atoms with Crippen LogP contribution in [0.3, 0.4) is 0 Å². The smallest absolute Gasteiger partial charge is 0.309 e. The Balaban J connectivity index is 1.37. The van der Waals surface area contributed by atoms with Gasteiger partial charge in [-0.2, -0.15) is 4.98 Å². The molecule has 0 spiro atoms. The van der Waals surface area contributed by atoms with Crippen LogP contribution in [-0.4, -0.2) is 42.4 Å². The van der Waals surface area contributed by atoms with Crippen LogP contribution < -0.4 is 25.4 Å². The standard InChI is InChI=1S/C24H27N5O4/c1-2-31-23(30)16-7-9-29(10-8-16)24-27-19-5-4-17(25)12-18(19)22(28-24)26-13-15-3-6-20-21(11-15)33-14-32-20/h3-6,11-12,16H,2,7-10,13-14,25H2,1H3,(H,26,27,28). The molecule has 1 fully saturated rings. The third-order valence-electron chi connectivity index (χ3n) is 6.00. The minimum absolute atomic E-state index is 0.0648. The number of fused-ring (bicyclic) bond motifs is 2. The van der Waals surface area contributed by atoms with E-state index in [1.54, 1.807) is 0 Å². The highest BCUT2D eigenvalue weighted by Gasteiger charge is 2.27. The maximum atomic E-state index is 12.1. The Labute approximate surface area is 191 Å². The Morgan fingerprint density at radius 3 is 2.79 bits per heavy atom. The van der Waals surface area contributed by atoms with Gasteiger partial charge < -0.3 is 30.2 Å². The number of nitrogens with zero attached hydrogens (tertiary/aromatic N) is 3. The monoisotopic (exact) mass is 449 g/mol. The molecule has 0 amide bonds. The maximum Gasteiger partial charge on any atom is 0.309 e. The first-order valence-electron chi connectivity index (χ1n) is 11.2. The van der Waals surface area contributed by atoms with Gasteiger partial charge in [-0.15, -0.1) is 0 Å². The van der Waals surface area contributed by atoms with Crippen molar-refractivity contribution in [3.63, 3.8) is 0 Å². The molecule has 0 saturated carbocycles. The average molecular weight is 450 g/mol. The predicted molar refractivity (Wildman–Crippen MR) is 125 cm³/mol. The number of nitrogens with two attached hydrogens (primary N) is 1. The van der Waals surface area contributed by atoms with Gasteiger partial charge in [0, 0.05) is 30.7 Å². The molecular formula is C24H27N5O4. The Morgan fingerprint density at radius 2 is 1.97 bits per heavy atom. The van der Waals surface area contributed by atoms with Gasteiger partial charge in [0.1, 0.15) is 5.82 Å². The third-order valence-corrected chi connectivity index (χ3v) is 6.00. The van der Waals surface area contributed by atoms with Crippen molar-refractivity contribution in [1.82, 2.24) is 9.97 Å². The molecule has 9 nitrogen and oxygen atoms in total. The molecule has 3 N–H and O–H groups in total. The zero-order chi connectivity index (χ0) is 22.8. The minimum atomic E-state index is -0.113. The molecule has 3 aromatic rings. The summed E-state index contributed by atoms with van der Waals surface area (Å²) in [4.78, 5) is 23.8. The van der Waals surface area contributed by atoms with Crippen molar-refractivity contribution in [2.45, 2.75) is 26.3 Å². The number of benzene rings is 2. The summed E-state index contributed by atoms with van der Waals surface area (Å²) in [6.07, 6.45) is 1.45. The molecule has 172 valence electrons. The van der Waals surface area contributed by atoms with Crippen molar-refractivity contribution in [2.24, 2.45) is 5.92 Å². The predicted octanol–water partition coefficient (Wildman–Crippen LogP) is 3.33. The summed E-state index contributed by atoms with van der Waals surface area (Å²) in [5.74, 6) is 2.68. The van der Waals surface area contributed by atoms with Crippen LogP contribution in [0.1, 0.15) is 25.3 Å². The second-order valence-corrected chi connectivity index (χ2v) is 8.20. The molecule has 1 aromatic heterocycles. The molecule has 3 heterocycles. The number of anilines is 3. The average Bonchev–Trinajstić information content (AvgIpc) is 3.31. The number of nitrogen functional groups attached to an aromatic ring is 1. The molecule has 33 heavy (non-hydrogen) atoms. The number of rotatable bonds is 6. The topological polar surface area (TPSA) is 112 Å². The lowest BCUT2D eigenvalue weighted by Gasteiger charge is -2.31. The van der Waals surface area contributed by atoms with E-state index in [0.717, 1.165) is 40.8 Å². The number of carbonyl (C=O) groups is 1. The highest BCUT2D eigenvalue weighted by atomic mass is 16.7. The molecule has 1 saturated heterocycles. The number of aromatic nitrogens is 2. The van der Waals surface area contributed by atoms with Gasteiger partial charge in [-0.1, -0.05) is 6.07 Å². The van der Waals surface area contributed by atoms with Crippen LogP contribution in [-0.2, 0) is 16.1 Å².